The van der Waals surface area contributed by atoms with Crippen LogP contribution in [-0.4, -0.2) is 30.8 Å². The van der Waals surface area contributed by atoms with Gasteiger partial charge in [0.25, 0.3) is 0 Å². The maximum Gasteiger partial charge on any atom is 0.123 e. The van der Waals surface area contributed by atoms with Crippen LogP contribution in [0.1, 0.15) is 33.6 Å². The first kappa shape index (κ1) is 15.3. The molecule has 1 fully saturated rings. The highest BCUT2D eigenvalue weighted by Crippen LogP contribution is 2.36. The molecule has 3 nitrogen and oxygen atoms in total. The second kappa shape index (κ2) is 6.10. The first-order valence-electron chi connectivity index (χ1n) is 7.39. The van der Waals surface area contributed by atoms with Crippen molar-refractivity contribution in [3.8, 4) is 0 Å². The van der Waals surface area contributed by atoms with Crippen LogP contribution in [0.4, 0.5) is 10.1 Å². The summed E-state index contributed by atoms with van der Waals surface area (Å²) in [6.45, 7) is 7.74. The molecule has 20 heavy (non-hydrogen) atoms. The van der Waals surface area contributed by atoms with E-state index in [0.29, 0.717) is 6.54 Å². The number of likely N-dealkylation sites (N-methyl/N-ethyl adjacent to an activating group) is 1. The molecule has 1 saturated heterocycles. The molecular weight excluding hydrogens is 255 g/mol. The Morgan fingerprint density at radius 2 is 1.80 bits per heavy atom. The maximum atomic E-state index is 13.1. The molecule has 0 spiro atoms. The van der Waals surface area contributed by atoms with Crippen LogP contribution in [-0.2, 0) is 4.74 Å². The van der Waals surface area contributed by atoms with Gasteiger partial charge in [-0.3, -0.25) is 0 Å². The molecule has 0 amide bonds. The Labute approximate surface area is 120 Å². The van der Waals surface area contributed by atoms with Crippen molar-refractivity contribution < 1.29 is 9.13 Å². The zero-order valence-electron chi connectivity index (χ0n) is 12.6. The number of anilines is 1. The quantitative estimate of drug-likeness (QED) is 0.921. The van der Waals surface area contributed by atoms with E-state index in [0.717, 1.165) is 25.1 Å². The van der Waals surface area contributed by atoms with Crippen LogP contribution in [0.25, 0.3) is 0 Å². The summed E-state index contributed by atoms with van der Waals surface area (Å²) in [7, 11) is 0. The summed E-state index contributed by atoms with van der Waals surface area (Å²) < 4.78 is 19.0. The number of hydrogen-bond acceptors (Lipinski definition) is 3. The molecule has 112 valence electrons. The molecule has 2 atom stereocenters. The van der Waals surface area contributed by atoms with Gasteiger partial charge in [-0.05, 0) is 57.9 Å². The van der Waals surface area contributed by atoms with Crippen LogP contribution >= 0.6 is 0 Å². The number of nitrogens with zero attached hydrogens (tertiary/aromatic N) is 1. The number of nitrogens with two attached hydrogens (primary N) is 1. The average molecular weight is 280 g/mol. The van der Waals surface area contributed by atoms with Gasteiger partial charge in [-0.1, -0.05) is 0 Å². The molecule has 0 aromatic heterocycles. The smallest absolute Gasteiger partial charge is 0.123 e. The minimum absolute atomic E-state index is 0.107. The van der Waals surface area contributed by atoms with E-state index in [1.807, 2.05) is 12.1 Å². The molecule has 1 aliphatic rings. The third kappa shape index (κ3) is 2.96. The van der Waals surface area contributed by atoms with Crippen LogP contribution in [0, 0.1) is 5.82 Å². The van der Waals surface area contributed by atoms with Crippen LogP contribution < -0.4 is 10.6 Å². The summed E-state index contributed by atoms with van der Waals surface area (Å²) in [5, 5.41) is 0. The highest BCUT2D eigenvalue weighted by molar-refractivity contribution is 5.49. The second-order valence-electron chi connectivity index (χ2n) is 5.81. The number of benzene rings is 1. The lowest BCUT2D eigenvalue weighted by molar-refractivity contribution is -0.0598. The number of halogens is 1. The highest BCUT2D eigenvalue weighted by Gasteiger charge is 2.41. The van der Waals surface area contributed by atoms with Crippen molar-refractivity contribution in [2.45, 2.75) is 51.4 Å². The lowest BCUT2D eigenvalue weighted by Gasteiger charge is -2.50. The number of hydrogen-bond donors (Lipinski definition) is 1. The SMILES string of the molecule is CCN(c1ccc(F)cc1)C1(CN)CC(C)OC(C)C1. The van der Waals surface area contributed by atoms with E-state index in [1.165, 1.54) is 12.1 Å². The van der Waals surface area contributed by atoms with Gasteiger partial charge >= 0.3 is 0 Å². The molecule has 0 radical (unpaired) electrons. The van der Waals surface area contributed by atoms with Crippen molar-refractivity contribution in [2.75, 3.05) is 18.0 Å². The Hall–Kier alpha value is -1.13. The van der Waals surface area contributed by atoms with Gasteiger partial charge in [-0.15, -0.1) is 0 Å². The van der Waals surface area contributed by atoms with Crippen molar-refractivity contribution in [3.05, 3.63) is 30.1 Å². The normalized spacial score (nSPS) is 30.2. The summed E-state index contributed by atoms with van der Waals surface area (Å²) in [5.74, 6) is -0.208. The monoisotopic (exact) mass is 280 g/mol. The molecule has 1 heterocycles. The fraction of sp³-hybridized carbons (Fsp3) is 0.625. The lowest BCUT2D eigenvalue weighted by atomic mass is 9.82. The number of ether oxygens (including phenoxy) is 1. The van der Waals surface area contributed by atoms with Crippen molar-refractivity contribution in [1.82, 2.24) is 0 Å². The van der Waals surface area contributed by atoms with Gasteiger partial charge in [-0.2, -0.15) is 0 Å². The van der Waals surface area contributed by atoms with E-state index in [-0.39, 0.29) is 23.6 Å². The third-order valence-electron chi connectivity index (χ3n) is 4.21. The average Bonchev–Trinajstić information content (AvgIpc) is 2.40. The van der Waals surface area contributed by atoms with Crippen LogP contribution in [0.2, 0.25) is 0 Å². The largest absolute Gasteiger partial charge is 0.375 e. The Bertz CT molecular complexity index is 425. The van der Waals surface area contributed by atoms with Crippen molar-refractivity contribution in [1.29, 1.82) is 0 Å². The van der Waals surface area contributed by atoms with Crippen LogP contribution in [0.15, 0.2) is 24.3 Å². The van der Waals surface area contributed by atoms with Gasteiger partial charge in [0.1, 0.15) is 5.82 Å². The van der Waals surface area contributed by atoms with Gasteiger partial charge in [0.05, 0.1) is 17.7 Å². The topological polar surface area (TPSA) is 38.5 Å². The van der Waals surface area contributed by atoms with Gasteiger partial charge in [0.2, 0.25) is 0 Å². The summed E-state index contributed by atoms with van der Waals surface area (Å²) in [6, 6.07) is 6.69. The Morgan fingerprint density at radius 3 is 2.25 bits per heavy atom. The van der Waals surface area contributed by atoms with Gasteiger partial charge in [-0.25, -0.2) is 4.39 Å². The fourth-order valence-corrected chi connectivity index (χ4v) is 3.56. The molecule has 0 aliphatic carbocycles. The van der Waals surface area contributed by atoms with E-state index < -0.39 is 0 Å². The molecule has 0 saturated carbocycles. The minimum Gasteiger partial charge on any atom is -0.375 e. The molecular formula is C16H25FN2O. The minimum atomic E-state index is -0.208. The maximum absolute atomic E-state index is 13.1. The zero-order valence-corrected chi connectivity index (χ0v) is 12.6. The second-order valence-corrected chi connectivity index (χ2v) is 5.81. The number of rotatable bonds is 4. The standard InChI is InChI=1S/C16H25FN2O/c1-4-19(15-7-5-14(17)6-8-15)16(11-18)9-12(2)20-13(3)10-16/h5-8,12-13H,4,9-11,18H2,1-3H3. The zero-order chi connectivity index (χ0) is 14.8. The van der Waals surface area contributed by atoms with Crippen molar-refractivity contribution in [3.63, 3.8) is 0 Å². The predicted octanol–water partition coefficient (Wildman–Crippen LogP) is 2.94. The van der Waals surface area contributed by atoms with Gasteiger partial charge < -0.3 is 15.4 Å². The molecule has 2 unspecified atom stereocenters. The molecule has 1 aromatic carbocycles. The van der Waals surface area contributed by atoms with E-state index in [9.17, 15) is 4.39 Å². The van der Waals surface area contributed by atoms with E-state index in [2.05, 4.69) is 25.7 Å². The van der Waals surface area contributed by atoms with E-state index >= 15 is 0 Å². The Balaban J connectivity index is 2.33. The molecule has 4 heteroatoms. The first-order chi connectivity index (χ1) is 9.50. The summed E-state index contributed by atoms with van der Waals surface area (Å²) in [4.78, 5) is 2.31. The molecule has 1 aromatic rings. The molecule has 2 rings (SSSR count). The van der Waals surface area contributed by atoms with Crippen LogP contribution in [0.3, 0.4) is 0 Å². The molecule has 2 N–H and O–H groups in total. The van der Waals surface area contributed by atoms with Gasteiger partial charge in [0, 0.05) is 18.8 Å². The molecule has 0 bridgehead atoms. The predicted molar refractivity (Wildman–Crippen MR) is 80.4 cm³/mol. The molecule has 1 aliphatic heterocycles. The summed E-state index contributed by atoms with van der Waals surface area (Å²) in [6.07, 6.45) is 2.19. The summed E-state index contributed by atoms with van der Waals surface area (Å²) in [5.41, 5.74) is 7.06. The Kier molecular flexibility index (Phi) is 4.66. The van der Waals surface area contributed by atoms with E-state index in [4.69, 9.17) is 10.5 Å². The third-order valence-corrected chi connectivity index (χ3v) is 4.21. The van der Waals surface area contributed by atoms with Gasteiger partial charge in [0.15, 0.2) is 0 Å². The lowest BCUT2D eigenvalue weighted by Crippen LogP contribution is -2.60. The van der Waals surface area contributed by atoms with Crippen molar-refractivity contribution in [2.24, 2.45) is 5.73 Å². The Morgan fingerprint density at radius 1 is 1.25 bits per heavy atom. The van der Waals surface area contributed by atoms with Crippen LogP contribution in [0.5, 0.6) is 0 Å². The van der Waals surface area contributed by atoms with Crippen molar-refractivity contribution >= 4 is 5.69 Å². The highest BCUT2D eigenvalue weighted by atomic mass is 19.1. The fourth-order valence-electron chi connectivity index (χ4n) is 3.56. The summed E-state index contributed by atoms with van der Waals surface area (Å²) >= 11 is 0. The van der Waals surface area contributed by atoms with E-state index in [1.54, 1.807) is 0 Å². The first-order valence-corrected chi connectivity index (χ1v) is 7.39.